The number of aliphatic hydroxyl groups excluding tert-OH is 3. The molecule has 5 rings (SSSR count). The molecule has 12 atom stereocenters. The Bertz CT molecular complexity index is 985. The van der Waals surface area contributed by atoms with Gasteiger partial charge in [0.2, 0.25) is 0 Å². The van der Waals surface area contributed by atoms with Crippen LogP contribution in [0, 0.1) is 22.7 Å². The van der Waals surface area contributed by atoms with Crippen LogP contribution in [-0.2, 0) is 33.3 Å². The van der Waals surface area contributed by atoms with Gasteiger partial charge in [-0.05, 0) is 26.2 Å². The molecule has 0 aromatic carbocycles. The van der Waals surface area contributed by atoms with Gasteiger partial charge in [0.1, 0.15) is 29.5 Å². The molecule has 3 saturated carbocycles. The van der Waals surface area contributed by atoms with Crippen molar-refractivity contribution in [3.63, 3.8) is 0 Å². The van der Waals surface area contributed by atoms with Crippen molar-refractivity contribution in [3.05, 3.63) is 0 Å². The zero-order valence-corrected chi connectivity index (χ0v) is 20.5. The van der Waals surface area contributed by atoms with Gasteiger partial charge < -0.3 is 39.4 Å². The third kappa shape index (κ3) is 2.64. The van der Waals surface area contributed by atoms with Gasteiger partial charge >= 0.3 is 11.9 Å². The number of carbonyl (C=O) groups excluding carboxylic acids is 3. The van der Waals surface area contributed by atoms with Crippen molar-refractivity contribution in [2.24, 2.45) is 22.7 Å². The first-order valence-electron chi connectivity index (χ1n) is 12.0. The summed E-state index contributed by atoms with van der Waals surface area (Å²) in [6, 6.07) is 0. The highest BCUT2D eigenvalue weighted by Gasteiger charge is 2.83. The number of ether oxygens (including phenoxy) is 4. The molecule has 3 aliphatic carbocycles. The van der Waals surface area contributed by atoms with Crippen molar-refractivity contribution in [2.75, 3.05) is 13.2 Å². The molecule has 5 fully saturated rings. The van der Waals surface area contributed by atoms with E-state index in [0.717, 1.165) is 0 Å². The second-order valence-electron chi connectivity index (χ2n) is 11.6. The molecular weight excluding hydrogens is 464 g/mol. The molecule has 11 heteroatoms. The van der Waals surface area contributed by atoms with Crippen LogP contribution in [0.2, 0.25) is 0 Å². The molecule has 0 aromatic heterocycles. The van der Waals surface area contributed by atoms with Crippen LogP contribution in [0.15, 0.2) is 0 Å². The van der Waals surface area contributed by atoms with Crippen molar-refractivity contribution in [1.29, 1.82) is 0 Å². The van der Waals surface area contributed by atoms with Crippen LogP contribution in [0.25, 0.3) is 0 Å². The van der Waals surface area contributed by atoms with E-state index in [9.17, 15) is 34.8 Å². The summed E-state index contributed by atoms with van der Waals surface area (Å²) in [6.07, 6.45) is -6.69. The summed E-state index contributed by atoms with van der Waals surface area (Å²) in [4.78, 5) is 38.5. The molecule has 0 amide bonds. The first-order valence-corrected chi connectivity index (χ1v) is 12.0. The monoisotopic (exact) mass is 498 g/mol. The molecule has 0 unspecified atom stereocenters. The summed E-state index contributed by atoms with van der Waals surface area (Å²) in [5.41, 5.74) is -8.46. The van der Waals surface area contributed by atoms with E-state index in [1.807, 2.05) is 0 Å². The molecule has 0 aromatic rings. The Balaban J connectivity index is 1.77. The van der Waals surface area contributed by atoms with Crippen LogP contribution < -0.4 is 0 Å². The van der Waals surface area contributed by atoms with Crippen LogP contribution in [-0.4, -0.2) is 98.7 Å². The number of ketones is 1. The van der Waals surface area contributed by atoms with Gasteiger partial charge in [0.15, 0.2) is 11.4 Å². The van der Waals surface area contributed by atoms with Gasteiger partial charge in [0.05, 0.1) is 30.8 Å². The highest BCUT2D eigenvalue weighted by molar-refractivity contribution is 5.92. The fraction of sp³-hybridized carbons (Fsp3) is 0.875. The maximum atomic E-state index is 14.3. The lowest BCUT2D eigenvalue weighted by Gasteiger charge is -2.67. The quantitative estimate of drug-likeness (QED) is 0.339. The minimum atomic E-state index is -2.25. The van der Waals surface area contributed by atoms with Crippen molar-refractivity contribution in [2.45, 2.75) is 94.8 Å². The fourth-order valence-corrected chi connectivity index (χ4v) is 8.19. The number of fused-ring (bicyclic) bond motifs is 3. The molecule has 35 heavy (non-hydrogen) atoms. The van der Waals surface area contributed by atoms with Crippen LogP contribution in [0.1, 0.15) is 47.5 Å². The van der Waals surface area contributed by atoms with E-state index >= 15 is 0 Å². The summed E-state index contributed by atoms with van der Waals surface area (Å²) >= 11 is 0. The highest BCUT2D eigenvalue weighted by atomic mass is 16.6. The zero-order valence-electron chi connectivity index (χ0n) is 20.5. The predicted octanol–water partition coefficient (Wildman–Crippen LogP) is -1.14. The Morgan fingerprint density at radius 2 is 1.69 bits per heavy atom. The van der Waals surface area contributed by atoms with Gasteiger partial charge in [-0.2, -0.15) is 0 Å². The van der Waals surface area contributed by atoms with E-state index in [2.05, 4.69) is 0 Å². The van der Waals surface area contributed by atoms with Gasteiger partial charge in [-0.25, -0.2) is 0 Å². The molecular formula is C24H34O11. The minimum Gasteiger partial charge on any atom is -0.461 e. The Hall–Kier alpha value is -1.63. The number of carbonyl (C=O) groups is 3. The Morgan fingerprint density at radius 1 is 1.03 bits per heavy atom. The second-order valence-corrected chi connectivity index (χ2v) is 11.6. The molecule has 0 spiro atoms. The van der Waals surface area contributed by atoms with Gasteiger partial charge in [-0.1, -0.05) is 6.92 Å². The molecule has 196 valence electrons. The van der Waals surface area contributed by atoms with Crippen molar-refractivity contribution in [1.82, 2.24) is 0 Å². The van der Waals surface area contributed by atoms with Crippen LogP contribution in [0.3, 0.4) is 0 Å². The normalized spacial score (nSPS) is 56.6. The van der Waals surface area contributed by atoms with E-state index < -0.39 is 87.7 Å². The Labute approximate surface area is 202 Å². The first kappa shape index (κ1) is 25.0. The lowest BCUT2D eigenvalue weighted by Crippen LogP contribution is -2.83. The molecule has 0 radical (unpaired) electrons. The lowest BCUT2D eigenvalue weighted by molar-refractivity contribution is -0.348. The van der Waals surface area contributed by atoms with E-state index in [-0.39, 0.29) is 26.1 Å². The van der Waals surface area contributed by atoms with Crippen LogP contribution in [0.4, 0.5) is 0 Å². The van der Waals surface area contributed by atoms with Crippen LogP contribution >= 0.6 is 0 Å². The molecule has 2 heterocycles. The number of Topliss-reactive ketones (excluding diaryl/α,β-unsaturated/α-hetero) is 1. The Kier molecular flexibility index (Phi) is 5.17. The minimum absolute atomic E-state index is 0.00384. The van der Waals surface area contributed by atoms with Crippen molar-refractivity contribution < 1.29 is 53.8 Å². The number of aliphatic hydroxyl groups is 4. The third-order valence-corrected chi connectivity index (χ3v) is 10.1. The predicted molar refractivity (Wildman–Crippen MR) is 115 cm³/mol. The van der Waals surface area contributed by atoms with E-state index in [0.29, 0.717) is 0 Å². The van der Waals surface area contributed by atoms with Crippen molar-refractivity contribution in [3.8, 4) is 0 Å². The Morgan fingerprint density at radius 3 is 2.23 bits per heavy atom. The molecule has 5 aliphatic rings. The summed E-state index contributed by atoms with van der Waals surface area (Å²) < 4.78 is 22.9. The van der Waals surface area contributed by atoms with Crippen LogP contribution in [0.5, 0.6) is 0 Å². The van der Waals surface area contributed by atoms with Crippen molar-refractivity contribution >= 4 is 17.7 Å². The zero-order chi connectivity index (χ0) is 25.9. The molecule has 11 nitrogen and oxygen atoms in total. The van der Waals surface area contributed by atoms with Gasteiger partial charge in [0, 0.05) is 31.6 Å². The fourth-order valence-electron chi connectivity index (χ4n) is 8.19. The highest BCUT2D eigenvalue weighted by Crippen LogP contribution is 2.67. The summed E-state index contributed by atoms with van der Waals surface area (Å²) in [7, 11) is 0. The second kappa shape index (κ2) is 7.23. The third-order valence-electron chi connectivity index (χ3n) is 10.1. The summed E-state index contributed by atoms with van der Waals surface area (Å²) in [6.45, 7) is 6.71. The van der Waals surface area contributed by atoms with Gasteiger partial charge in [0.25, 0.3) is 0 Å². The maximum absolute atomic E-state index is 14.3. The van der Waals surface area contributed by atoms with E-state index in [1.54, 1.807) is 6.92 Å². The molecule has 4 bridgehead atoms. The standard InChI is InChI=1S/C24H34O11/c1-10(25)34-14-7-15-23(9-32-15,35-11(2)26)17-16(28)12-6-13(27)22(5)24(31,20(12,3)8-33-22)19(30)18(29)21(14,17)4/h12-17,19,27-28,30-31H,6-9H2,1-5H3/t12-,13-,14-,15+,16+,17-,19-,20+,21+,22-,23-,24-/m0/s1. The van der Waals surface area contributed by atoms with E-state index in [1.165, 1.54) is 27.7 Å². The lowest BCUT2D eigenvalue weighted by atomic mass is 9.42. The van der Waals surface area contributed by atoms with Gasteiger partial charge in [-0.3, -0.25) is 14.4 Å². The summed E-state index contributed by atoms with van der Waals surface area (Å²) in [5.74, 6) is -4.24. The number of hydrogen-bond acceptors (Lipinski definition) is 11. The molecule has 2 aliphatic heterocycles. The first-order chi connectivity index (χ1) is 16.1. The topological polar surface area (TPSA) is 169 Å². The average Bonchev–Trinajstić information content (AvgIpc) is 2.91. The molecule has 2 saturated heterocycles. The largest absolute Gasteiger partial charge is 0.461 e. The van der Waals surface area contributed by atoms with Gasteiger partial charge in [-0.15, -0.1) is 0 Å². The maximum Gasteiger partial charge on any atom is 0.303 e. The number of esters is 2. The smallest absolute Gasteiger partial charge is 0.303 e. The number of hydrogen-bond donors (Lipinski definition) is 4. The average molecular weight is 499 g/mol. The number of rotatable bonds is 2. The molecule has 4 N–H and O–H groups in total. The van der Waals surface area contributed by atoms with E-state index in [4.69, 9.17) is 18.9 Å². The SMILES string of the molecule is CC(=O)O[C@H]1C[C@H]2OC[C@@]2(OC(C)=O)[C@H]2[C@H](O)[C@@H]3C[C@H](O)[C@]4(C)OC[C@@]3(C)[C@@]4(O)[C@@H](O)C(=O)[C@]12C. The summed E-state index contributed by atoms with van der Waals surface area (Å²) in [5, 5.41) is 46.8.